The maximum atomic E-state index is 12.9. The van der Waals surface area contributed by atoms with Crippen LogP contribution in [0.4, 0.5) is 5.69 Å². The van der Waals surface area contributed by atoms with Crippen LogP contribution in [-0.4, -0.2) is 61.7 Å². The Morgan fingerprint density at radius 2 is 2.13 bits per heavy atom. The molecule has 2 aromatic heterocycles. The SMILES string of the molecule is CCOC(=O)c1cc(C(=O)N2C[C@@H](C)[C@@H](n3cc(-c4cccc(N)c4)nn3)C2)n[nH]1. The summed E-state index contributed by atoms with van der Waals surface area (Å²) in [6.45, 7) is 5.06. The highest BCUT2D eigenvalue weighted by atomic mass is 16.5. The fraction of sp³-hybridized carbons (Fsp3) is 0.350. The van der Waals surface area contributed by atoms with Gasteiger partial charge in [-0.2, -0.15) is 5.10 Å². The number of aromatic nitrogens is 5. The van der Waals surface area contributed by atoms with Crippen LogP contribution in [0.3, 0.4) is 0 Å². The molecule has 30 heavy (non-hydrogen) atoms. The number of carbonyl (C=O) groups excluding carboxylic acids is 2. The van der Waals surface area contributed by atoms with Gasteiger partial charge in [0, 0.05) is 30.4 Å². The number of aromatic amines is 1. The third-order valence-electron chi connectivity index (χ3n) is 5.18. The monoisotopic (exact) mass is 409 g/mol. The van der Waals surface area contributed by atoms with Crippen molar-refractivity contribution in [1.82, 2.24) is 30.1 Å². The lowest BCUT2D eigenvalue weighted by molar-refractivity contribution is 0.0519. The van der Waals surface area contributed by atoms with Crippen molar-refractivity contribution in [2.75, 3.05) is 25.4 Å². The highest BCUT2D eigenvalue weighted by Crippen LogP contribution is 2.29. The molecule has 1 aliphatic rings. The Kier molecular flexibility index (Phi) is 5.21. The summed E-state index contributed by atoms with van der Waals surface area (Å²) in [5.74, 6) is -0.603. The van der Waals surface area contributed by atoms with E-state index in [-0.39, 0.29) is 35.9 Å². The second kappa shape index (κ2) is 7.97. The van der Waals surface area contributed by atoms with E-state index in [9.17, 15) is 9.59 Å². The summed E-state index contributed by atoms with van der Waals surface area (Å²) in [6.07, 6.45) is 1.87. The van der Waals surface area contributed by atoms with Gasteiger partial charge in [0.1, 0.15) is 11.4 Å². The normalized spacial score (nSPS) is 18.5. The maximum absolute atomic E-state index is 12.9. The molecule has 1 amide bonds. The molecule has 1 aromatic carbocycles. The van der Waals surface area contributed by atoms with Gasteiger partial charge in [0.2, 0.25) is 0 Å². The molecular formula is C20H23N7O3. The largest absolute Gasteiger partial charge is 0.461 e. The number of likely N-dealkylation sites (tertiary alicyclic amines) is 1. The molecule has 10 nitrogen and oxygen atoms in total. The van der Waals surface area contributed by atoms with Gasteiger partial charge in [-0.15, -0.1) is 5.10 Å². The van der Waals surface area contributed by atoms with Crippen molar-refractivity contribution in [3.63, 3.8) is 0 Å². The number of hydrogen-bond acceptors (Lipinski definition) is 7. The van der Waals surface area contributed by atoms with Gasteiger partial charge in [0.15, 0.2) is 5.69 Å². The third-order valence-corrected chi connectivity index (χ3v) is 5.18. The minimum absolute atomic E-state index is 0.0141. The molecule has 1 aliphatic heterocycles. The first-order valence-electron chi connectivity index (χ1n) is 9.75. The first-order valence-corrected chi connectivity index (χ1v) is 9.75. The molecule has 3 N–H and O–H groups in total. The van der Waals surface area contributed by atoms with Crippen molar-refractivity contribution < 1.29 is 14.3 Å². The Morgan fingerprint density at radius 1 is 1.30 bits per heavy atom. The zero-order chi connectivity index (χ0) is 21.3. The van der Waals surface area contributed by atoms with E-state index in [1.165, 1.54) is 6.07 Å². The Labute approximate surface area is 173 Å². The maximum Gasteiger partial charge on any atom is 0.356 e. The molecule has 10 heteroatoms. The highest BCUT2D eigenvalue weighted by Gasteiger charge is 2.35. The number of carbonyl (C=O) groups is 2. The zero-order valence-corrected chi connectivity index (χ0v) is 16.8. The number of nitrogens with two attached hydrogens (primary N) is 1. The summed E-state index contributed by atoms with van der Waals surface area (Å²) in [4.78, 5) is 26.4. The predicted molar refractivity (Wildman–Crippen MR) is 109 cm³/mol. The van der Waals surface area contributed by atoms with E-state index >= 15 is 0 Å². The van der Waals surface area contributed by atoms with Crippen molar-refractivity contribution in [1.29, 1.82) is 0 Å². The Bertz CT molecular complexity index is 1070. The van der Waals surface area contributed by atoms with Gasteiger partial charge >= 0.3 is 5.97 Å². The molecule has 156 valence electrons. The summed E-state index contributed by atoms with van der Waals surface area (Å²) in [6, 6.07) is 8.87. The van der Waals surface area contributed by atoms with Crippen molar-refractivity contribution in [2.24, 2.45) is 5.92 Å². The van der Waals surface area contributed by atoms with Gasteiger partial charge in [-0.05, 0) is 25.0 Å². The van der Waals surface area contributed by atoms with Gasteiger partial charge in [-0.1, -0.05) is 24.3 Å². The van der Waals surface area contributed by atoms with Crippen LogP contribution in [0.2, 0.25) is 0 Å². The molecule has 1 fully saturated rings. The van der Waals surface area contributed by atoms with Gasteiger partial charge in [0.25, 0.3) is 5.91 Å². The van der Waals surface area contributed by atoms with Crippen LogP contribution in [0.15, 0.2) is 36.5 Å². The molecular weight excluding hydrogens is 386 g/mol. The lowest BCUT2D eigenvalue weighted by Crippen LogP contribution is -2.29. The molecule has 0 spiro atoms. The zero-order valence-electron chi connectivity index (χ0n) is 16.8. The number of anilines is 1. The molecule has 3 aromatic rings. The average molecular weight is 409 g/mol. The van der Waals surface area contributed by atoms with E-state index in [2.05, 4.69) is 27.4 Å². The van der Waals surface area contributed by atoms with Crippen LogP contribution < -0.4 is 5.73 Å². The topological polar surface area (TPSA) is 132 Å². The van der Waals surface area contributed by atoms with Crippen molar-refractivity contribution in [2.45, 2.75) is 19.9 Å². The van der Waals surface area contributed by atoms with E-state index in [1.54, 1.807) is 16.5 Å². The number of ether oxygens (including phenoxy) is 1. The summed E-state index contributed by atoms with van der Waals surface area (Å²) in [5, 5.41) is 15.1. The second-order valence-electron chi connectivity index (χ2n) is 7.35. The predicted octanol–water partition coefficient (Wildman–Crippen LogP) is 1.76. The smallest absolute Gasteiger partial charge is 0.356 e. The summed E-state index contributed by atoms with van der Waals surface area (Å²) >= 11 is 0. The number of hydrogen-bond donors (Lipinski definition) is 2. The van der Waals surface area contributed by atoms with Gasteiger partial charge in [-0.25, -0.2) is 9.48 Å². The van der Waals surface area contributed by atoms with Crippen LogP contribution >= 0.6 is 0 Å². The number of esters is 1. The fourth-order valence-corrected chi connectivity index (χ4v) is 3.64. The van der Waals surface area contributed by atoms with E-state index in [4.69, 9.17) is 10.5 Å². The molecule has 0 bridgehead atoms. The first kappa shape index (κ1) is 19.6. The van der Waals surface area contributed by atoms with Gasteiger partial charge < -0.3 is 15.4 Å². The minimum atomic E-state index is -0.534. The van der Waals surface area contributed by atoms with Gasteiger partial charge in [0.05, 0.1) is 18.8 Å². The fourth-order valence-electron chi connectivity index (χ4n) is 3.64. The first-order chi connectivity index (χ1) is 14.5. The number of nitrogens with zero attached hydrogens (tertiary/aromatic N) is 5. The summed E-state index contributed by atoms with van der Waals surface area (Å²) < 4.78 is 6.72. The lowest BCUT2D eigenvalue weighted by atomic mass is 10.1. The van der Waals surface area contributed by atoms with Crippen LogP contribution in [0.1, 0.15) is 40.9 Å². The van der Waals surface area contributed by atoms with E-state index in [1.807, 2.05) is 30.5 Å². The third kappa shape index (κ3) is 3.76. The molecule has 3 heterocycles. The number of nitrogen functional groups attached to an aromatic ring is 1. The van der Waals surface area contributed by atoms with Gasteiger partial charge in [-0.3, -0.25) is 9.89 Å². The van der Waals surface area contributed by atoms with Crippen LogP contribution in [0.5, 0.6) is 0 Å². The molecule has 0 unspecified atom stereocenters. The Hall–Kier alpha value is -3.69. The Morgan fingerprint density at radius 3 is 2.90 bits per heavy atom. The van der Waals surface area contributed by atoms with Crippen molar-refractivity contribution in [3.8, 4) is 11.3 Å². The van der Waals surface area contributed by atoms with E-state index in [0.717, 1.165) is 11.3 Å². The molecule has 1 saturated heterocycles. The van der Waals surface area contributed by atoms with E-state index < -0.39 is 5.97 Å². The second-order valence-corrected chi connectivity index (χ2v) is 7.35. The number of nitrogens with one attached hydrogen (secondary N) is 1. The number of rotatable bonds is 5. The highest BCUT2D eigenvalue weighted by molar-refractivity contribution is 5.96. The molecule has 2 atom stereocenters. The average Bonchev–Trinajstić information content (AvgIpc) is 3.47. The van der Waals surface area contributed by atoms with Crippen molar-refractivity contribution >= 4 is 17.6 Å². The molecule has 0 aliphatic carbocycles. The Balaban J connectivity index is 1.47. The number of benzene rings is 1. The molecule has 4 rings (SSSR count). The minimum Gasteiger partial charge on any atom is -0.461 e. The van der Waals surface area contributed by atoms with Crippen LogP contribution in [0.25, 0.3) is 11.3 Å². The summed E-state index contributed by atoms with van der Waals surface area (Å²) in [7, 11) is 0. The number of amides is 1. The van der Waals surface area contributed by atoms with Crippen LogP contribution in [0, 0.1) is 5.92 Å². The van der Waals surface area contributed by atoms with Crippen LogP contribution in [-0.2, 0) is 4.74 Å². The molecule has 0 radical (unpaired) electrons. The molecule has 0 saturated carbocycles. The quantitative estimate of drug-likeness (QED) is 0.485. The van der Waals surface area contributed by atoms with E-state index in [0.29, 0.717) is 18.8 Å². The standard InChI is InChI=1S/C20H23N7O3/c1-3-30-20(29)16-8-15(22-23-16)19(28)26-9-12(2)18(11-26)27-10-17(24-25-27)13-5-4-6-14(21)7-13/h4-8,10,12,18H,3,9,11,21H2,1-2H3,(H,22,23)/t12-,18+/m1/s1. The number of H-pyrrole nitrogens is 1. The van der Waals surface area contributed by atoms with Crippen molar-refractivity contribution in [3.05, 3.63) is 47.9 Å². The lowest BCUT2D eigenvalue weighted by Gasteiger charge is -2.15. The summed E-state index contributed by atoms with van der Waals surface area (Å²) in [5.41, 5.74) is 8.48.